The number of rotatable bonds is 2. The summed E-state index contributed by atoms with van der Waals surface area (Å²) in [5.74, 6) is -0.187. The molecule has 2 heterocycles. The minimum atomic E-state index is -0.276. The van der Waals surface area contributed by atoms with Crippen molar-refractivity contribution >= 4 is 16.9 Å². The molecule has 4 heteroatoms. The quantitative estimate of drug-likeness (QED) is 0.817. The molecule has 18 heavy (non-hydrogen) atoms. The number of nitrogens with zero attached hydrogens (tertiary/aromatic N) is 1. The standard InChI is InChI=1S/C14H14FNO2/c1-2-9-4-5-11-10(13(9)15)8-12(18-11)14(17)16-6-3-7-16/h4-5,8H,2-3,6-7H2,1H3. The van der Waals surface area contributed by atoms with Crippen LogP contribution in [0.3, 0.4) is 0 Å². The number of aryl methyl sites for hydroxylation is 1. The molecule has 1 aliphatic heterocycles. The zero-order chi connectivity index (χ0) is 12.7. The van der Waals surface area contributed by atoms with Crippen molar-refractivity contribution in [3.8, 4) is 0 Å². The van der Waals surface area contributed by atoms with E-state index in [-0.39, 0.29) is 17.5 Å². The predicted octanol–water partition coefficient (Wildman–Crippen LogP) is 2.98. The second-order valence-corrected chi connectivity index (χ2v) is 4.56. The van der Waals surface area contributed by atoms with Gasteiger partial charge in [-0.2, -0.15) is 0 Å². The first-order valence-corrected chi connectivity index (χ1v) is 6.21. The molecule has 0 radical (unpaired) electrons. The van der Waals surface area contributed by atoms with Crippen LogP contribution in [0.25, 0.3) is 11.0 Å². The monoisotopic (exact) mass is 247 g/mol. The summed E-state index contributed by atoms with van der Waals surface area (Å²) >= 11 is 0. The van der Waals surface area contributed by atoms with Crippen LogP contribution in [0.5, 0.6) is 0 Å². The van der Waals surface area contributed by atoms with Gasteiger partial charge in [-0.05, 0) is 24.5 Å². The lowest BCUT2D eigenvalue weighted by molar-refractivity contribution is 0.0621. The number of fused-ring (bicyclic) bond motifs is 1. The number of halogens is 1. The highest BCUT2D eigenvalue weighted by atomic mass is 19.1. The summed E-state index contributed by atoms with van der Waals surface area (Å²) in [7, 11) is 0. The fraction of sp³-hybridized carbons (Fsp3) is 0.357. The molecule has 0 N–H and O–H groups in total. The number of carbonyl (C=O) groups is 1. The third kappa shape index (κ3) is 1.60. The minimum absolute atomic E-state index is 0.144. The van der Waals surface area contributed by atoms with Gasteiger partial charge < -0.3 is 9.32 Å². The van der Waals surface area contributed by atoms with E-state index >= 15 is 0 Å². The van der Waals surface area contributed by atoms with Gasteiger partial charge in [-0.25, -0.2) is 4.39 Å². The molecule has 0 saturated carbocycles. The molecular weight excluding hydrogens is 233 g/mol. The number of hydrogen-bond acceptors (Lipinski definition) is 2. The Morgan fingerprint density at radius 3 is 2.83 bits per heavy atom. The number of carbonyl (C=O) groups excluding carboxylic acids is 1. The normalized spacial score (nSPS) is 14.9. The third-order valence-corrected chi connectivity index (χ3v) is 3.45. The van der Waals surface area contributed by atoms with Crippen LogP contribution in [0.2, 0.25) is 0 Å². The lowest BCUT2D eigenvalue weighted by Gasteiger charge is -2.29. The molecule has 3 nitrogen and oxygen atoms in total. The van der Waals surface area contributed by atoms with Crippen LogP contribution >= 0.6 is 0 Å². The van der Waals surface area contributed by atoms with E-state index in [9.17, 15) is 9.18 Å². The maximum atomic E-state index is 14.1. The molecule has 0 spiro atoms. The number of furan rings is 1. The number of likely N-dealkylation sites (tertiary alicyclic amines) is 1. The first-order valence-electron chi connectivity index (χ1n) is 6.21. The summed E-state index contributed by atoms with van der Waals surface area (Å²) in [4.78, 5) is 13.7. The first kappa shape index (κ1) is 11.3. The maximum absolute atomic E-state index is 14.1. The van der Waals surface area contributed by atoms with Crippen molar-refractivity contribution in [2.45, 2.75) is 19.8 Å². The Morgan fingerprint density at radius 1 is 1.44 bits per heavy atom. The number of hydrogen-bond donors (Lipinski definition) is 0. The Balaban J connectivity index is 2.05. The summed E-state index contributed by atoms with van der Waals surface area (Å²) in [6.45, 7) is 3.42. The lowest BCUT2D eigenvalue weighted by Crippen LogP contribution is -2.41. The number of benzene rings is 1. The molecule has 1 amide bonds. The second kappa shape index (κ2) is 4.12. The molecular formula is C14H14FNO2. The topological polar surface area (TPSA) is 33.5 Å². The van der Waals surface area contributed by atoms with Crippen LogP contribution in [0, 0.1) is 5.82 Å². The zero-order valence-electron chi connectivity index (χ0n) is 10.2. The highest BCUT2D eigenvalue weighted by molar-refractivity contribution is 5.96. The van der Waals surface area contributed by atoms with E-state index in [1.54, 1.807) is 17.0 Å². The van der Waals surface area contributed by atoms with Crippen molar-refractivity contribution in [1.29, 1.82) is 0 Å². The summed E-state index contributed by atoms with van der Waals surface area (Å²) in [5.41, 5.74) is 1.08. The van der Waals surface area contributed by atoms with Gasteiger partial charge in [0.15, 0.2) is 5.76 Å². The zero-order valence-corrected chi connectivity index (χ0v) is 10.2. The van der Waals surface area contributed by atoms with Gasteiger partial charge in [-0.15, -0.1) is 0 Å². The van der Waals surface area contributed by atoms with Gasteiger partial charge in [0.05, 0.1) is 5.39 Å². The predicted molar refractivity (Wildman–Crippen MR) is 66.1 cm³/mol. The fourth-order valence-electron chi connectivity index (χ4n) is 2.18. The molecule has 0 bridgehead atoms. The maximum Gasteiger partial charge on any atom is 0.289 e. The Morgan fingerprint density at radius 2 is 2.22 bits per heavy atom. The Labute approximate surface area is 104 Å². The fourth-order valence-corrected chi connectivity index (χ4v) is 2.18. The molecule has 1 aromatic carbocycles. The van der Waals surface area contributed by atoms with Crippen molar-refractivity contribution in [2.75, 3.05) is 13.1 Å². The van der Waals surface area contributed by atoms with Crippen molar-refractivity contribution in [3.63, 3.8) is 0 Å². The Kier molecular flexibility index (Phi) is 2.58. The van der Waals surface area contributed by atoms with Crippen molar-refractivity contribution < 1.29 is 13.6 Å². The Bertz CT molecular complexity index is 614. The minimum Gasteiger partial charge on any atom is -0.451 e. The van der Waals surface area contributed by atoms with Crippen LogP contribution in [-0.4, -0.2) is 23.9 Å². The van der Waals surface area contributed by atoms with Crippen molar-refractivity contribution in [2.24, 2.45) is 0 Å². The molecule has 0 aliphatic carbocycles. The lowest BCUT2D eigenvalue weighted by atomic mass is 10.1. The van der Waals surface area contributed by atoms with E-state index in [0.29, 0.717) is 23.0 Å². The van der Waals surface area contributed by atoms with E-state index in [1.165, 1.54) is 6.07 Å². The van der Waals surface area contributed by atoms with Crippen LogP contribution in [0.4, 0.5) is 4.39 Å². The van der Waals surface area contributed by atoms with Gasteiger partial charge in [0, 0.05) is 19.2 Å². The van der Waals surface area contributed by atoms with E-state index < -0.39 is 0 Å². The van der Waals surface area contributed by atoms with Crippen LogP contribution < -0.4 is 0 Å². The first-order chi connectivity index (χ1) is 8.70. The SMILES string of the molecule is CCc1ccc2oc(C(=O)N3CCC3)cc2c1F. The summed E-state index contributed by atoms with van der Waals surface area (Å²) in [6, 6.07) is 4.95. The summed E-state index contributed by atoms with van der Waals surface area (Å²) in [6.07, 6.45) is 1.66. The average molecular weight is 247 g/mol. The van der Waals surface area contributed by atoms with Crippen LogP contribution in [0.1, 0.15) is 29.5 Å². The second-order valence-electron chi connectivity index (χ2n) is 4.56. The van der Waals surface area contributed by atoms with E-state index in [1.807, 2.05) is 6.92 Å². The molecule has 1 aliphatic rings. The van der Waals surface area contributed by atoms with E-state index in [0.717, 1.165) is 19.5 Å². The van der Waals surface area contributed by atoms with Crippen LogP contribution in [-0.2, 0) is 6.42 Å². The van der Waals surface area contributed by atoms with E-state index in [2.05, 4.69) is 0 Å². The molecule has 1 fully saturated rings. The highest BCUT2D eigenvalue weighted by Gasteiger charge is 2.25. The third-order valence-electron chi connectivity index (χ3n) is 3.45. The summed E-state index contributed by atoms with van der Waals surface area (Å²) < 4.78 is 19.5. The van der Waals surface area contributed by atoms with Gasteiger partial charge in [0.1, 0.15) is 11.4 Å². The van der Waals surface area contributed by atoms with Gasteiger partial charge in [0.2, 0.25) is 0 Å². The molecule has 0 unspecified atom stereocenters. The van der Waals surface area contributed by atoms with Gasteiger partial charge in [-0.3, -0.25) is 4.79 Å². The molecule has 1 aromatic heterocycles. The molecule has 0 atom stereocenters. The van der Waals surface area contributed by atoms with Gasteiger partial charge >= 0.3 is 0 Å². The molecule has 3 rings (SSSR count). The average Bonchev–Trinajstić information content (AvgIpc) is 2.72. The molecule has 94 valence electrons. The molecule has 2 aromatic rings. The van der Waals surface area contributed by atoms with E-state index in [4.69, 9.17) is 4.42 Å². The van der Waals surface area contributed by atoms with Crippen LogP contribution in [0.15, 0.2) is 22.6 Å². The van der Waals surface area contributed by atoms with Crippen molar-refractivity contribution in [3.05, 3.63) is 35.3 Å². The van der Waals surface area contributed by atoms with Gasteiger partial charge in [0.25, 0.3) is 5.91 Å². The van der Waals surface area contributed by atoms with Crippen molar-refractivity contribution in [1.82, 2.24) is 4.90 Å². The molecule has 1 saturated heterocycles. The largest absolute Gasteiger partial charge is 0.451 e. The Hall–Kier alpha value is -1.84. The van der Waals surface area contributed by atoms with Gasteiger partial charge in [-0.1, -0.05) is 13.0 Å². The summed E-state index contributed by atoms with van der Waals surface area (Å²) in [5, 5.41) is 0.401. The smallest absolute Gasteiger partial charge is 0.289 e. The number of amides is 1. The highest BCUT2D eigenvalue weighted by Crippen LogP contribution is 2.26.